The zero-order valence-electron chi connectivity index (χ0n) is 16.8. The smallest absolute Gasteiger partial charge is 0.339 e. The average molecular weight is 421 g/mol. The largest absolute Gasteiger partial charge is 0.478 e. The third kappa shape index (κ3) is 3.46. The number of halogens is 1. The standard InChI is InChI=1S/C24H21FN2O2S/c1-14-11-17(12-18(13-26)16-7-9-19(25)10-8-16)15(2)27(14)23-22(24(28)29)20-5-3-4-6-21(20)30-23/h7-12H,3-6H2,1-2H3,(H,28,29). The molecule has 152 valence electrons. The second-order valence-electron chi connectivity index (χ2n) is 7.53. The predicted octanol–water partition coefficient (Wildman–Crippen LogP) is 5.94. The number of allylic oxidation sites excluding steroid dienone is 1. The first-order valence-corrected chi connectivity index (χ1v) is 10.7. The van der Waals surface area contributed by atoms with Crippen molar-refractivity contribution in [2.75, 3.05) is 0 Å². The van der Waals surface area contributed by atoms with Crippen molar-refractivity contribution in [2.45, 2.75) is 39.5 Å². The van der Waals surface area contributed by atoms with Crippen LogP contribution < -0.4 is 0 Å². The Bertz CT molecular complexity index is 1210. The molecule has 4 nitrogen and oxygen atoms in total. The molecule has 1 aromatic carbocycles. The minimum absolute atomic E-state index is 0.350. The van der Waals surface area contributed by atoms with Crippen LogP contribution in [0.1, 0.15) is 56.2 Å². The number of hydrogen-bond acceptors (Lipinski definition) is 3. The van der Waals surface area contributed by atoms with E-state index in [1.54, 1.807) is 29.5 Å². The number of aromatic carboxylic acids is 1. The zero-order chi connectivity index (χ0) is 21.4. The van der Waals surface area contributed by atoms with E-state index in [4.69, 9.17) is 0 Å². The molecule has 1 N–H and O–H groups in total. The topological polar surface area (TPSA) is 66.0 Å². The van der Waals surface area contributed by atoms with Crippen LogP contribution in [-0.2, 0) is 12.8 Å². The zero-order valence-corrected chi connectivity index (χ0v) is 17.6. The SMILES string of the molecule is Cc1cc(C=C(C#N)c2ccc(F)cc2)c(C)n1-c1sc2c(c1C(=O)O)CCCC2. The maximum absolute atomic E-state index is 13.2. The molecule has 0 bridgehead atoms. The molecule has 0 spiro atoms. The predicted molar refractivity (Wildman–Crippen MR) is 117 cm³/mol. The lowest BCUT2D eigenvalue weighted by atomic mass is 9.95. The summed E-state index contributed by atoms with van der Waals surface area (Å²) in [5, 5.41) is 20.3. The molecule has 0 amide bonds. The van der Waals surface area contributed by atoms with Crippen molar-refractivity contribution in [3.63, 3.8) is 0 Å². The molecular formula is C24H21FN2O2S. The van der Waals surface area contributed by atoms with Gasteiger partial charge < -0.3 is 9.67 Å². The summed E-state index contributed by atoms with van der Waals surface area (Å²) >= 11 is 1.56. The van der Waals surface area contributed by atoms with E-state index in [1.807, 2.05) is 24.5 Å². The second kappa shape index (κ2) is 7.92. The number of thiophene rings is 1. The van der Waals surface area contributed by atoms with Crippen molar-refractivity contribution in [1.29, 1.82) is 5.26 Å². The van der Waals surface area contributed by atoms with Crippen molar-refractivity contribution < 1.29 is 14.3 Å². The molecule has 0 saturated heterocycles. The molecule has 1 aliphatic rings. The second-order valence-corrected chi connectivity index (χ2v) is 8.62. The molecule has 2 aromatic heterocycles. The summed E-state index contributed by atoms with van der Waals surface area (Å²) in [7, 11) is 0. The Morgan fingerprint density at radius 3 is 2.60 bits per heavy atom. The highest BCUT2D eigenvalue weighted by molar-refractivity contribution is 7.15. The quantitative estimate of drug-likeness (QED) is 0.532. The lowest BCUT2D eigenvalue weighted by Gasteiger charge is -2.11. The number of hydrogen-bond donors (Lipinski definition) is 1. The van der Waals surface area contributed by atoms with Crippen LogP contribution >= 0.6 is 11.3 Å². The normalized spacial score (nSPS) is 13.7. The Morgan fingerprint density at radius 1 is 1.23 bits per heavy atom. The van der Waals surface area contributed by atoms with Gasteiger partial charge in [0.05, 0.1) is 17.2 Å². The van der Waals surface area contributed by atoms with Gasteiger partial charge in [0, 0.05) is 16.3 Å². The Morgan fingerprint density at radius 2 is 1.93 bits per heavy atom. The third-order valence-electron chi connectivity index (χ3n) is 5.62. The van der Waals surface area contributed by atoms with Gasteiger partial charge in [0.15, 0.2) is 0 Å². The Hall–Kier alpha value is -3.17. The van der Waals surface area contributed by atoms with Gasteiger partial charge in [-0.3, -0.25) is 0 Å². The molecule has 0 unspecified atom stereocenters. The van der Waals surface area contributed by atoms with E-state index in [2.05, 4.69) is 6.07 Å². The number of fused-ring (bicyclic) bond motifs is 1. The summed E-state index contributed by atoms with van der Waals surface area (Å²) in [5.74, 6) is -1.24. The lowest BCUT2D eigenvalue weighted by Crippen LogP contribution is -2.09. The minimum Gasteiger partial charge on any atom is -0.478 e. The fourth-order valence-corrected chi connectivity index (χ4v) is 5.63. The van der Waals surface area contributed by atoms with E-state index in [-0.39, 0.29) is 5.82 Å². The number of carboxylic acids is 1. The molecule has 0 saturated carbocycles. The maximum atomic E-state index is 13.2. The van der Waals surface area contributed by atoms with Crippen molar-refractivity contribution >= 4 is 29.0 Å². The highest BCUT2D eigenvalue weighted by Crippen LogP contribution is 2.39. The van der Waals surface area contributed by atoms with Crippen molar-refractivity contribution in [3.8, 4) is 11.1 Å². The van der Waals surface area contributed by atoms with Gasteiger partial charge in [0.1, 0.15) is 10.8 Å². The molecule has 0 aliphatic heterocycles. The molecule has 30 heavy (non-hydrogen) atoms. The van der Waals surface area contributed by atoms with Gasteiger partial charge in [0.2, 0.25) is 0 Å². The van der Waals surface area contributed by atoms with Gasteiger partial charge in [0.25, 0.3) is 0 Å². The van der Waals surface area contributed by atoms with E-state index >= 15 is 0 Å². The van der Waals surface area contributed by atoms with E-state index < -0.39 is 5.97 Å². The summed E-state index contributed by atoms with van der Waals surface area (Å²) in [6.07, 6.45) is 5.62. The number of aryl methyl sites for hydroxylation is 2. The summed E-state index contributed by atoms with van der Waals surface area (Å²) in [6, 6.07) is 9.98. The fraction of sp³-hybridized carbons (Fsp3) is 0.250. The molecule has 0 fully saturated rings. The van der Waals surface area contributed by atoms with Crippen LogP contribution in [0, 0.1) is 31.0 Å². The lowest BCUT2D eigenvalue weighted by molar-refractivity contribution is 0.0696. The van der Waals surface area contributed by atoms with Gasteiger partial charge in [-0.15, -0.1) is 11.3 Å². The summed E-state index contributed by atoms with van der Waals surface area (Å²) in [6.45, 7) is 3.88. The Labute approximate surface area is 178 Å². The average Bonchev–Trinajstić information content (AvgIpc) is 3.23. The van der Waals surface area contributed by atoms with Gasteiger partial charge >= 0.3 is 5.97 Å². The highest BCUT2D eigenvalue weighted by atomic mass is 32.1. The number of nitriles is 1. The number of carbonyl (C=O) groups is 1. The molecule has 2 heterocycles. The maximum Gasteiger partial charge on any atom is 0.339 e. The molecule has 6 heteroatoms. The highest BCUT2D eigenvalue weighted by Gasteiger charge is 2.27. The first-order valence-electron chi connectivity index (χ1n) is 9.85. The molecule has 4 rings (SSSR count). The van der Waals surface area contributed by atoms with Gasteiger partial charge in [-0.1, -0.05) is 12.1 Å². The Balaban J connectivity index is 1.84. The van der Waals surface area contributed by atoms with Crippen LogP contribution in [0.25, 0.3) is 16.7 Å². The molecule has 0 atom stereocenters. The van der Waals surface area contributed by atoms with Crippen LogP contribution in [0.4, 0.5) is 4.39 Å². The number of carboxylic acid groups (broad SMARTS) is 1. The monoisotopic (exact) mass is 420 g/mol. The minimum atomic E-state index is -0.891. The fourth-order valence-electron chi connectivity index (χ4n) is 4.14. The van der Waals surface area contributed by atoms with Crippen molar-refractivity contribution in [3.05, 3.63) is 74.7 Å². The molecular weight excluding hydrogens is 399 g/mol. The number of nitrogens with zero attached hydrogens (tertiary/aromatic N) is 2. The molecule has 1 aliphatic carbocycles. The number of benzene rings is 1. The Kier molecular flexibility index (Phi) is 5.31. The van der Waals surface area contributed by atoms with E-state index in [9.17, 15) is 19.6 Å². The number of aromatic nitrogens is 1. The first kappa shape index (κ1) is 20.1. The van der Waals surface area contributed by atoms with E-state index in [1.165, 1.54) is 17.0 Å². The van der Waals surface area contributed by atoms with Crippen LogP contribution in [0.3, 0.4) is 0 Å². The van der Waals surface area contributed by atoms with Crippen molar-refractivity contribution in [1.82, 2.24) is 4.57 Å². The molecule has 0 radical (unpaired) electrons. The van der Waals surface area contributed by atoms with Crippen LogP contribution in [-0.4, -0.2) is 15.6 Å². The van der Waals surface area contributed by atoms with Gasteiger partial charge in [-0.25, -0.2) is 9.18 Å². The van der Waals surface area contributed by atoms with Crippen LogP contribution in [0.2, 0.25) is 0 Å². The number of rotatable bonds is 4. The third-order valence-corrected chi connectivity index (χ3v) is 6.89. The van der Waals surface area contributed by atoms with E-state index in [0.29, 0.717) is 16.7 Å². The summed E-state index contributed by atoms with van der Waals surface area (Å²) in [4.78, 5) is 13.3. The van der Waals surface area contributed by atoms with E-state index in [0.717, 1.165) is 53.2 Å². The first-order chi connectivity index (χ1) is 14.4. The van der Waals surface area contributed by atoms with Gasteiger partial charge in [-0.2, -0.15) is 5.26 Å². The van der Waals surface area contributed by atoms with Crippen LogP contribution in [0.5, 0.6) is 0 Å². The van der Waals surface area contributed by atoms with Crippen LogP contribution in [0.15, 0.2) is 30.3 Å². The summed E-state index contributed by atoms with van der Waals surface area (Å²) < 4.78 is 15.2. The molecule has 3 aromatic rings. The van der Waals surface area contributed by atoms with Gasteiger partial charge in [-0.05, 0) is 80.5 Å². The van der Waals surface area contributed by atoms with Crippen molar-refractivity contribution in [2.24, 2.45) is 0 Å². The summed E-state index contributed by atoms with van der Waals surface area (Å²) in [5.41, 5.74) is 5.09.